The van der Waals surface area contributed by atoms with Crippen LogP contribution in [0.5, 0.6) is 40.4 Å². The number of fused-ring (bicyclic) bond motifs is 1. The molecule has 10 rings (SSSR count). The van der Waals surface area contributed by atoms with Gasteiger partial charge in [0.25, 0.3) is 10.1 Å². The number of aromatic nitrogens is 4. The molecule has 0 spiro atoms. The fourth-order valence-corrected chi connectivity index (χ4v) is 11.8. The minimum Gasteiger partial charge on any atom is -0.508 e. The molecule has 0 unspecified atom stereocenters. The lowest BCUT2D eigenvalue weighted by Gasteiger charge is -2.37. The molecule has 0 aliphatic carbocycles. The van der Waals surface area contributed by atoms with Crippen LogP contribution in [0.25, 0.3) is 33.6 Å². The number of benzene rings is 7. The number of hydrogen-bond acceptors (Lipinski definition) is 18. The Morgan fingerprint density at radius 3 is 2.06 bits per heavy atom. The summed E-state index contributed by atoms with van der Waals surface area (Å²) in [5.74, 6) is 1.55. The van der Waals surface area contributed by atoms with Gasteiger partial charge < -0.3 is 47.4 Å². The standard InChI is InChI=1S/C67H60BrClN4O14S/c1-6-81-66(75)58(36-44-35-49(74)25-31-55(44)82-37-48-33-34-70-63(73-48)54-19-13-14-20-56(54)80-5)86-64-60-59(62(68)87-65(60)72-41-71-64)53-30-32-57(61(69)42(53)2)85-52(39-84-88(76,77)40-43-15-9-7-10-16-43)38-83-67(45-17-11-8-12-18-45,46-21-26-50(78-3)27-22-46)47-23-28-51(79-4)29-24-47/h7-35,41,52,58,74H,6,36-40H2,1-5H3/t52-,58-/m1/s1. The van der Waals surface area contributed by atoms with Gasteiger partial charge in [0, 0.05) is 18.2 Å². The predicted octanol–water partition coefficient (Wildman–Crippen LogP) is 13.2. The summed E-state index contributed by atoms with van der Waals surface area (Å²) in [4.78, 5) is 32.1. The van der Waals surface area contributed by atoms with Crippen molar-refractivity contribution in [2.75, 3.05) is 41.2 Å². The summed E-state index contributed by atoms with van der Waals surface area (Å²) in [7, 11) is 0.564. The molecule has 0 amide bonds. The molecule has 0 bridgehead atoms. The van der Waals surface area contributed by atoms with Crippen molar-refractivity contribution in [3.05, 3.63) is 231 Å². The molecule has 18 nitrogen and oxygen atoms in total. The number of ether oxygens (including phenoxy) is 8. The number of phenols is 1. The van der Waals surface area contributed by atoms with Crippen molar-refractivity contribution in [1.82, 2.24) is 19.9 Å². The highest BCUT2D eigenvalue weighted by atomic mass is 79.9. The van der Waals surface area contributed by atoms with E-state index in [0.717, 1.165) is 16.7 Å². The third kappa shape index (κ3) is 14.2. The van der Waals surface area contributed by atoms with Crippen LogP contribution in [0, 0.1) is 6.92 Å². The Hall–Kier alpha value is -9.05. The Labute approximate surface area is 522 Å². The Morgan fingerprint density at radius 1 is 0.716 bits per heavy atom. The van der Waals surface area contributed by atoms with Crippen molar-refractivity contribution in [3.8, 4) is 62.9 Å². The highest BCUT2D eigenvalue weighted by Gasteiger charge is 2.40. The number of phenolic OH excluding ortho intramolecular Hbond substituents is 1. The lowest BCUT2D eigenvalue weighted by atomic mass is 9.80. The van der Waals surface area contributed by atoms with Gasteiger partial charge in [0.05, 0.1) is 56.4 Å². The maximum absolute atomic E-state index is 14.0. The van der Waals surface area contributed by atoms with Gasteiger partial charge in [-0.25, -0.2) is 24.7 Å². The smallest absolute Gasteiger partial charge is 0.347 e. The van der Waals surface area contributed by atoms with Gasteiger partial charge in [0.15, 0.2) is 10.5 Å². The monoisotopic (exact) mass is 1290 g/mol. The number of furan rings is 1. The van der Waals surface area contributed by atoms with Crippen LogP contribution < -0.4 is 28.4 Å². The number of nitrogens with zero attached hydrogens (tertiary/aromatic N) is 4. The van der Waals surface area contributed by atoms with E-state index in [1.54, 1.807) is 96.0 Å². The first kappa shape index (κ1) is 62.0. The fraction of sp³-hybridized carbons (Fsp3) is 0.209. The third-order valence-electron chi connectivity index (χ3n) is 14.3. The molecule has 1 N–H and O–H groups in total. The number of methoxy groups -OCH3 is 3. The molecule has 7 aromatic carbocycles. The number of carbonyl (C=O) groups excluding carboxylic acids is 1. The van der Waals surface area contributed by atoms with Crippen molar-refractivity contribution in [2.45, 2.75) is 50.4 Å². The first-order valence-corrected chi connectivity index (χ1v) is 30.5. The van der Waals surface area contributed by atoms with Crippen molar-refractivity contribution in [2.24, 2.45) is 0 Å². The molecule has 88 heavy (non-hydrogen) atoms. The maximum atomic E-state index is 14.0. The first-order valence-electron chi connectivity index (χ1n) is 27.7. The van der Waals surface area contributed by atoms with Gasteiger partial charge in [-0.15, -0.1) is 0 Å². The van der Waals surface area contributed by atoms with E-state index in [2.05, 4.69) is 30.9 Å². The number of halogens is 2. The molecule has 0 aliphatic rings. The number of aromatic hydroxyl groups is 1. The summed E-state index contributed by atoms with van der Waals surface area (Å²) in [6.07, 6.45) is 0.237. The van der Waals surface area contributed by atoms with Gasteiger partial charge in [0.2, 0.25) is 17.7 Å². The van der Waals surface area contributed by atoms with Crippen LogP contribution in [0.3, 0.4) is 0 Å². The average Bonchev–Trinajstić information content (AvgIpc) is 1.28. The molecular weight excluding hydrogens is 1230 g/mol. The largest absolute Gasteiger partial charge is 0.508 e. The van der Waals surface area contributed by atoms with Crippen LogP contribution in [0.2, 0.25) is 5.02 Å². The quantitative estimate of drug-likeness (QED) is 0.0287. The van der Waals surface area contributed by atoms with E-state index in [4.69, 9.17) is 63.1 Å². The molecule has 0 aliphatic heterocycles. The second-order valence-electron chi connectivity index (χ2n) is 19.9. The van der Waals surface area contributed by atoms with Crippen LogP contribution >= 0.6 is 27.5 Å². The molecule has 3 heterocycles. The number of esters is 1. The highest BCUT2D eigenvalue weighted by molar-refractivity contribution is 9.10. The van der Waals surface area contributed by atoms with E-state index in [1.807, 2.05) is 103 Å². The van der Waals surface area contributed by atoms with Gasteiger partial charge in [-0.05, 0) is 130 Å². The molecular formula is C67H60BrClN4O14S. The normalized spacial score (nSPS) is 12.3. The van der Waals surface area contributed by atoms with Crippen LogP contribution in [-0.2, 0) is 53.0 Å². The fourth-order valence-electron chi connectivity index (χ4n) is 10.0. The van der Waals surface area contributed by atoms with Gasteiger partial charge in [-0.3, -0.25) is 4.18 Å². The van der Waals surface area contributed by atoms with Crippen LogP contribution in [0.15, 0.2) is 191 Å². The summed E-state index contributed by atoms with van der Waals surface area (Å²) in [5, 5.41) is 11.2. The van der Waals surface area contributed by atoms with E-state index in [9.17, 15) is 18.3 Å². The van der Waals surface area contributed by atoms with E-state index in [-0.39, 0.29) is 64.4 Å². The number of rotatable bonds is 27. The molecule has 0 radical (unpaired) electrons. The predicted molar refractivity (Wildman–Crippen MR) is 334 cm³/mol. The van der Waals surface area contributed by atoms with Crippen molar-refractivity contribution < 1.29 is 64.8 Å². The van der Waals surface area contributed by atoms with Crippen molar-refractivity contribution >= 4 is 54.7 Å². The molecule has 10 aromatic rings. The molecule has 2 atom stereocenters. The zero-order valence-electron chi connectivity index (χ0n) is 48.4. The second kappa shape index (κ2) is 28.2. The SMILES string of the molecule is CCOC(=O)[C@@H](Cc1cc(O)ccc1OCc1ccnc(-c2ccccc2OC)n1)Oc1ncnc2oc(Br)c(-c3ccc(O[C@H](COC(c4ccccc4)(c4ccc(OC)cc4)c4ccc(OC)cc4)COS(=O)(=O)Cc4ccccc4)c(Cl)c3C)c12. The van der Waals surface area contributed by atoms with Crippen LogP contribution in [-0.4, -0.2) is 92.8 Å². The first-order chi connectivity index (χ1) is 42.7. The summed E-state index contributed by atoms with van der Waals surface area (Å²) in [6.45, 7) is 2.75. The molecule has 0 saturated heterocycles. The maximum Gasteiger partial charge on any atom is 0.347 e. The lowest BCUT2D eigenvalue weighted by Crippen LogP contribution is -2.39. The van der Waals surface area contributed by atoms with Crippen molar-refractivity contribution in [3.63, 3.8) is 0 Å². The van der Waals surface area contributed by atoms with Gasteiger partial charge in [0.1, 0.15) is 76.9 Å². The molecule has 0 fully saturated rings. The van der Waals surface area contributed by atoms with E-state index >= 15 is 0 Å². The molecule has 3 aromatic heterocycles. The Kier molecular flexibility index (Phi) is 19.9. The number of hydrogen-bond donors (Lipinski definition) is 1. The summed E-state index contributed by atoms with van der Waals surface area (Å²) >= 11 is 11.0. The highest BCUT2D eigenvalue weighted by Crippen LogP contribution is 2.47. The molecule has 0 saturated carbocycles. The average molecular weight is 1290 g/mol. The number of carbonyl (C=O) groups is 1. The Balaban J connectivity index is 0.968. The summed E-state index contributed by atoms with van der Waals surface area (Å²) in [6, 6.07) is 50.3. The van der Waals surface area contributed by atoms with Gasteiger partial charge in [-0.1, -0.05) is 115 Å². The van der Waals surface area contributed by atoms with Gasteiger partial charge in [-0.2, -0.15) is 8.42 Å². The van der Waals surface area contributed by atoms with Crippen molar-refractivity contribution in [1.29, 1.82) is 0 Å². The summed E-state index contributed by atoms with van der Waals surface area (Å²) in [5.41, 5.74) is 4.61. The topological polar surface area (TPSA) is 219 Å². The molecule has 452 valence electrons. The zero-order chi connectivity index (χ0) is 61.8. The van der Waals surface area contributed by atoms with Gasteiger partial charge >= 0.3 is 5.97 Å². The minimum atomic E-state index is -4.19. The lowest BCUT2D eigenvalue weighted by molar-refractivity contribution is -0.151. The summed E-state index contributed by atoms with van der Waals surface area (Å²) < 4.78 is 88.7. The second-order valence-corrected chi connectivity index (χ2v) is 22.6. The molecule has 21 heteroatoms. The van der Waals surface area contributed by atoms with E-state index in [1.165, 1.54) is 18.5 Å². The zero-order valence-corrected chi connectivity index (χ0v) is 51.6. The van der Waals surface area contributed by atoms with Crippen LogP contribution in [0.1, 0.15) is 46.0 Å². The Bertz CT molecular complexity index is 4100. The minimum absolute atomic E-state index is 0.00105. The third-order valence-corrected chi connectivity index (χ3v) is 16.5. The van der Waals surface area contributed by atoms with Crippen LogP contribution in [0.4, 0.5) is 0 Å². The Morgan fingerprint density at radius 2 is 1.38 bits per heavy atom. The van der Waals surface area contributed by atoms with E-state index in [0.29, 0.717) is 67.9 Å². The number of para-hydroxylation sites is 1. The van der Waals surface area contributed by atoms with E-state index < -0.39 is 46.3 Å².